The lowest BCUT2D eigenvalue weighted by Crippen LogP contribution is -2.28. The Morgan fingerprint density at radius 3 is 3.08 bits per heavy atom. The molecule has 74 valence electrons. The number of hydrogen-bond acceptors (Lipinski definition) is 3. The zero-order chi connectivity index (χ0) is 9.42. The Labute approximate surface area is 90.4 Å². The molecule has 1 aliphatic carbocycles. The van der Waals surface area contributed by atoms with Crippen LogP contribution in [-0.2, 0) is 4.52 Å². The maximum absolute atomic E-state index is 5.76. The van der Waals surface area contributed by atoms with Crippen molar-refractivity contribution in [3.63, 3.8) is 0 Å². The summed E-state index contributed by atoms with van der Waals surface area (Å²) in [5, 5.41) is 0.694. The third-order valence-corrected chi connectivity index (χ3v) is 7.02. The second-order valence-corrected chi connectivity index (χ2v) is 8.91. The molecule has 1 heterocycles. The molecule has 0 aromatic heterocycles. The minimum atomic E-state index is -0.472. The highest BCUT2D eigenvalue weighted by atomic mass is 33.1. The van der Waals surface area contributed by atoms with Crippen molar-refractivity contribution in [1.29, 1.82) is 0 Å². The van der Waals surface area contributed by atoms with E-state index < -0.39 is 6.55 Å². The van der Waals surface area contributed by atoms with Crippen molar-refractivity contribution in [1.82, 2.24) is 0 Å². The van der Waals surface area contributed by atoms with Gasteiger partial charge in [0, 0.05) is 5.25 Å². The van der Waals surface area contributed by atoms with E-state index in [0.717, 1.165) is 5.92 Å². The molecule has 1 aliphatic heterocycles. The molecule has 2 fully saturated rings. The van der Waals surface area contributed by atoms with Crippen LogP contribution < -0.4 is 0 Å². The van der Waals surface area contributed by atoms with E-state index >= 15 is 0 Å². The second-order valence-electron chi connectivity index (χ2n) is 3.88. The molecule has 4 atom stereocenters. The standard InChI is InChI=1S/C9H15OPS2/c1-6(2)7-3-4-8-9(5-7)13-11(12)10-8/h7-9,12H,1,3-5H2,2H3. The van der Waals surface area contributed by atoms with E-state index in [0.29, 0.717) is 11.4 Å². The predicted octanol–water partition coefficient (Wildman–Crippen LogP) is 4.02. The van der Waals surface area contributed by atoms with Gasteiger partial charge in [0.1, 0.15) is 6.55 Å². The fourth-order valence-corrected chi connectivity index (χ4v) is 6.82. The van der Waals surface area contributed by atoms with E-state index in [1.165, 1.54) is 24.8 Å². The summed E-state index contributed by atoms with van der Waals surface area (Å²) in [6.45, 7) is 5.72. The van der Waals surface area contributed by atoms with E-state index in [1.54, 1.807) is 0 Å². The van der Waals surface area contributed by atoms with Crippen molar-refractivity contribution >= 4 is 30.2 Å². The maximum atomic E-state index is 5.76. The van der Waals surface area contributed by atoms with Crippen LogP contribution in [0.3, 0.4) is 0 Å². The molecule has 2 rings (SSSR count). The first-order chi connectivity index (χ1) is 6.16. The minimum Gasteiger partial charge on any atom is -0.335 e. The topological polar surface area (TPSA) is 9.23 Å². The van der Waals surface area contributed by atoms with E-state index in [-0.39, 0.29) is 0 Å². The van der Waals surface area contributed by atoms with Crippen LogP contribution in [0.4, 0.5) is 0 Å². The molecule has 2 aliphatic rings. The molecule has 4 unspecified atom stereocenters. The monoisotopic (exact) mass is 234 g/mol. The Balaban J connectivity index is 1.97. The van der Waals surface area contributed by atoms with Crippen LogP contribution in [0.15, 0.2) is 12.2 Å². The Kier molecular flexibility index (Phi) is 3.30. The molecule has 13 heavy (non-hydrogen) atoms. The lowest BCUT2D eigenvalue weighted by Gasteiger charge is -2.29. The molecule has 0 radical (unpaired) electrons. The second kappa shape index (κ2) is 4.14. The minimum absolute atomic E-state index is 0.472. The van der Waals surface area contributed by atoms with Crippen LogP contribution in [0.25, 0.3) is 0 Å². The average Bonchev–Trinajstić information content (AvgIpc) is 2.42. The largest absolute Gasteiger partial charge is 0.335 e. The van der Waals surface area contributed by atoms with Gasteiger partial charge in [0.15, 0.2) is 0 Å². The van der Waals surface area contributed by atoms with Gasteiger partial charge in [-0.2, -0.15) is 0 Å². The van der Waals surface area contributed by atoms with Gasteiger partial charge in [0.05, 0.1) is 6.10 Å². The Hall–Kier alpha value is 0.830. The van der Waals surface area contributed by atoms with Crippen LogP contribution in [0.1, 0.15) is 26.2 Å². The van der Waals surface area contributed by atoms with Crippen LogP contribution in [0.2, 0.25) is 0 Å². The van der Waals surface area contributed by atoms with Gasteiger partial charge in [0.25, 0.3) is 0 Å². The van der Waals surface area contributed by atoms with E-state index in [2.05, 4.69) is 25.8 Å². The van der Waals surface area contributed by atoms with Crippen LogP contribution >= 0.6 is 30.2 Å². The van der Waals surface area contributed by atoms with Crippen molar-refractivity contribution in [3.05, 3.63) is 12.2 Å². The molecule has 0 aromatic carbocycles. The fraction of sp³-hybridized carbons (Fsp3) is 0.778. The molecule has 1 saturated carbocycles. The van der Waals surface area contributed by atoms with Crippen molar-refractivity contribution in [2.75, 3.05) is 0 Å². The van der Waals surface area contributed by atoms with Gasteiger partial charge >= 0.3 is 0 Å². The highest BCUT2D eigenvalue weighted by Crippen LogP contribution is 2.67. The summed E-state index contributed by atoms with van der Waals surface area (Å²) in [4.78, 5) is 0. The summed E-state index contributed by atoms with van der Waals surface area (Å²) < 4.78 is 5.76. The average molecular weight is 234 g/mol. The summed E-state index contributed by atoms with van der Waals surface area (Å²) in [5.41, 5.74) is 1.34. The predicted molar refractivity (Wildman–Crippen MR) is 64.3 cm³/mol. The molecular formula is C9H15OPS2. The van der Waals surface area contributed by atoms with Gasteiger partial charge in [0.2, 0.25) is 0 Å². The number of fused-ring (bicyclic) bond motifs is 1. The third kappa shape index (κ3) is 2.26. The molecule has 1 nitrogen and oxygen atoms in total. The molecule has 4 heteroatoms. The Morgan fingerprint density at radius 2 is 2.38 bits per heavy atom. The molecule has 0 amide bonds. The summed E-state index contributed by atoms with van der Waals surface area (Å²) >= 11 is 6.35. The van der Waals surface area contributed by atoms with Gasteiger partial charge in [-0.1, -0.05) is 23.5 Å². The van der Waals surface area contributed by atoms with Gasteiger partial charge < -0.3 is 4.52 Å². The van der Waals surface area contributed by atoms with E-state index in [4.69, 9.17) is 4.52 Å². The number of thiol groups is 1. The quantitative estimate of drug-likeness (QED) is 0.417. The van der Waals surface area contributed by atoms with E-state index in [1.807, 2.05) is 11.4 Å². The number of allylic oxidation sites excluding steroid dienone is 1. The first kappa shape index (κ1) is 10.4. The van der Waals surface area contributed by atoms with Crippen LogP contribution in [-0.4, -0.2) is 11.4 Å². The number of rotatable bonds is 1. The molecule has 0 bridgehead atoms. The molecule has 0 spiro atoms. The summed E-state index contributed by atoms with van der Waals surface area (Å²) in [7, 11) is 0. The fourth-order valence-electron chi connectivity index (χ4n) is 2.04. The van der Waals surface area contributed by atoms with Gasteiger partial charge in [-0.05, 0) is 32.1 Å². The molecule has 1 saturated heterocycles. The lowest BCUT2D eigenvalue weighted by atomic mass is 9.83. The first-order valence-electron chi connectivity index (χ1n) is 4.65. The van der Waals surface area contributed by atoms with Crippen LogP contribution in [0, 0.1) is 5.92 Å². The van der Waals surface area contributed by atoms with Crippen molar-refractivity contribution in [2.24, 2.45) is 5.92 Å². The van der Waals surface area contributed by atoms with E-state index in [9.17, 15) is 0 Å². The SMILES string of the molecule is C=C(C)C1CCC2OP(S)SC2C1. The Morgan fingerprint density at radius 1 is 1.62 bits per heavy atom. The Bertz CT molecular complexity index is 222. The van der Waals surface area contributed by atoms with Crippen molar-refractivity contribution in [2.45, 2.75) is 37.5 Å². The van der Waals surface area contributed by atoms with Gasteiger partial charge in [-0.3, -0.25) is 0 Å². The lowest BCUT2D eigenvalue weighted by molar-refractivity contribution is 0.177. The highest BCUT2D eigenvalue weighted by Gasteiger charge is 2.39. The zero-order valence-corrected chi connectivity index (χ0v) is 10.4. The van der Waals surface area contributed by atoms with Crippen molar-refractivity contribution < 1.29 is 4.52 Å². The van der Waals surface area contributed by atoms with Crippen LogP contribution in [0.5, 0.6) is 0 Å². The normalized spacial score (nSPS) is 44.5. The van der Waals surface area contributed by atoms with Gasteiger partial charge in [-0.15, -0.1) is 12.2 Å². The molecule has 0 N–H and O–H groups in total. The van der Waals surface area contributed by atoms with Gasteiger partial charge in [-0.25, -0.2) is 0 Å². The number of hydrogen-bond donors (Lipinski definition) is 1. The maximum Gasteiger partial charge on any atom is 0.149 e. The first-order valence-corrected chi connectivity index (χ1v) is 8.54. The molecule has 0 aromatic rings. The molecular weight excluding hydrogens is 219 g/mol. The summed E-state index contributed by atoms with van der Waals surface area (Å²) in [6, 6.07) is 0. The third-order valence-electron chi connectivity index (χ3n) is 2.88. The zero-order valence-electron chi connectivity index (χ0n) is 7.77. The smallest absolute Gasteiger partial charge is 0.149 e. The highest BCUT2D eigenvalue weighted by molar-refractivity contribution is 8.82. The summed E-state index contributed by atoms with van der Waals surface area (Å²) in [5.74, 6) is 0.729. The summed E-state index contributed by atoms with van der Waals surface area (Å²) in [6.07, 6.45) is 4.20. The van der Waals surface area contributed by atoms with Crippen molar-refractivity contribution in [3.8, 4) is 0 Å².